The van der Waals surface area contributed by atoms with E-state index in [1.54, 1.807) is 12.1 Å². The Bertz CT molecular complexity index is 940. The van der Waals surface area contributed by atoms with E-state index >= 15 is 4.39 Å². The summed E-state index contributed by atoms with van der Waals surface area (Å²) >= 11 is 0. The molecule has 1 saturated carbocycles. The van der Waals surface area contributed by atoms with Crippen molar-refractivity contribution >= 4 is 29.3 Å². The van der Waals surface area contributed by atoms with Crippen LogP contribution in [0.1, 0.15) is 19.8 Å². The molecule has 0 radical (unpaired) electrons. The zero-order valence-electron chi connectivity index (χ0n) is 17.9. The highest BCUT2D eigenvalue weighted by atomic mass is 19.1. The third kappa shape index (κ3) is 3.87. The van der Waals surface area contributed by atoms with Crippen LogP contribution in [0.15, 0.2) is 18.2 Å². The normalized spacial score (nSPS) is 27.0. The molecule has 1 unspecified atom stereocenters. The van der Waals surface area contributed by atoms with Crippen molar-refractivity contribution in [2.45, 2.75) is 25.9 Å². The van der Waals surface area contributed by atoms with Crippen molar-refractivity contribution < 1.29 is 23.5 Å². The van der Waals surface area contributed by atoms with Gasteiger partial charge in [0.25, 0.3) is 0 Å². The van der Waals surface area contributed by atoms with Crippen molar-refractivity contribution in [2.75, 3.05) is 49.1 Å². The van der Waals surface area contributed by atoms with Gasteiger partial charge in [0.05, 0.1) is 17.9 Å². The van der Waals surface area contributed by atoms with E-state index in [4.69, 9.17) is 4.74 Å². The average molecular weight is 445 g/mol. The van der Waals surface area contributed by atoms with Crippen LogP contribution in [0.3, 0.4) is 0 Å². The minimum atomic E-state index is -0.758. The molecule has 9 nitrogen and oxygen atoms in total. The Morgan fingerprint density at radius 3 is 2.44 bits per heavy atom. The van der Waals surface area contributed by atoms with Gasteiger partial charge in [-0.15, -0.1) is 0 Å². The summed E-state index contributed by atoms with van der Waals surface area (Å²) in [5, 5.41) is 11.8. The molecule has 0 spiro atoms. The van der Waals surface area contributed by atoms with Crippen LogP contribution >= 0.6 is 0 Å². The fourth-order valence-electron chi connectivity index (χ4n) is 5.02. The van der Waals surface area contributed by atoms with Crippen molar-refractivity contribution in [1.82, 2.24) is 9.96 Å². The van der Waals surface area contributed by atoms with Crippen LogP contribution in [0.25, 0.3) is 0 Å². The maximum Gasteiger partial charge on any atom is 0.414 e. The molecule has 32 heavy (non-hydrogen) atoms. The number of ether oxygens (including phenoxy) is 1. The fourth-order valence-corrected chi connectivity index (χ4v) is 5.02. The van der Waals surface area contributed by atoms with E-state index in [1.807, 2.05) is 9.80 Å². The molecule has 0 aromatic heterocycles. The summed E-state index contributed by atoms with van der Waals surface area (Å²) < 4.78 is 20.2. The molecule has 3 saturated heterocycles. The minimum absolute atomic E-state index is 0.0718. The van der Waals surface area contributed by atoms with Gasteiger partial charge in [0.15, 0.2) is 0 Å². The maximum atomic E-state index is 15.0. The summed E-state index contributed by atoms with van der Waals surface area (Å²) in [5.74, 6) is 0.112. The number of hydrogen-bond acceptors (Lipinski definition) is 6. The van der Waals surface area contributed by atoms with Crippen LogP contribution in [-0.2, 0) is 14.3 Å². The second-order valence-electron chi connectivity index (χ2n) is 9.27. The number of carbonyl (C=O) groups excluding carboxylic acids is 3. The SMILES string of the molecule is CC(=O)N([O-])CC1CN(c2ccc(N3C[C@H]4CN(C(=O)C5CC5)C[C@H]4C3)c(F)c2)C(=O)O1. The fraction of sp³-hybridized carbons (Fsp3) is 0.591. The third-order valence-electron chi connectivity index (χ3n) is 6.90. The maximum absolute atomic E-state index is 15.0. The lowest BCUT2D eigenvalue weighted by Crippen LogP contribution is -2.34. The number of halogens is 1. The first-order valence-corrected chi connectivity index (χ1v) is 11.1. The van der Waals surface area contributed by atoms with Gasteiger partial charge < -0.3 is 24.8 Å². The van der Waals surface area contributed by atoms with Crippen molar-refractivity contribution in [3.63, 3.8) is 0 Å². The molecular formula is C22H26FN4O5-. The van der Waals surface area contributed by atoms with Crippen LogP contribution in [0.2, 0.25) is 0 Å². The Labute approximate surface area is 185 Å². The minimum Gasteiger partial charge on any atom is -0.756 e. The molecule has 3 amide bonds. The molecular weight excluding hydrogens is 419 g/mol. The van der Waals surface area contributed by atoms with Crippen molar-refractivity contribution in [3.8, 4) is 0 Å². The predicted molar refractivity (Wildman–Crippen MR) is 113 cm³/mol. The average Bonchev–Trinajstić information content (AvgIpc) is 3.26. The highest BCUT2D eigenvalue weighted by molar-refractivity contribution is 5.90. The smallest absolute Gasteiger partial charge is 0.414 e. The first kappa shape index (κ1) is 21.0. The van der Waals surface area contributed by atoms with Gasteiger partial charge >= 0.3 is 6.09 Å². The van der Waals surface area contributed by atoms with E-state index in [-0.39, 0.29) is 30.0 Å². The monoisotopic (exact) mass is 445 g/mol. The summed E-state index contributed by atoms with van der Waals surface area (Å²) in [6, 6.07) is 4.63. The molecule has 4 fully saturated rings. The predicted octanol–water partition coefficient (Wildman–Crippen LogP) is 1.80. The van der Waals surface area contributed by atoms with E-state index in [2.05, 4.69) is 0 Å². The van der Waals surface area contributed by atoms with E-state index in [0.29, 0.717) is 36.3 Å². The van der Waals surface area contributed by atoms with Crippen molar-refractivity contribution in [3.05, 3.63) is 29.2 Å². The number of hydrogen-bond donors (Lipinski definition) is 0. The summed E-state index contributed by atoms with van der Waals surface area (Å²) in [4.78, 5) is 40.9. The molecule has 0 N–H and O–H groups in total. The molecule has 172 valence electrons. The number of fused-ring (bicyclic) bond motifs is 1. The molecule has 4 aliphatic rings. The van der Waals surface area contributed by atoms with Crippen LogP contribution in [0, 0.1) is 28.8 Å². The van der Waals surface area contributed by atoms with Gasteiger partial charge in [-0.2, -0.15) is 0 Å². The number of carbonyl (C=O) groups is 3. The summed E-state index contributed by atoms with van der Waals surface area (Å²) in [5.41, 5.74) is 0.828. The molecule has 5 rings (SSSR count). The summed E-state index contributed by atoms with van der Waals surface area (Å²) in [6.07, 6.45) is 0.581. The number of cyclic esters (lactones) is 1. The zero-order chi connectivity index (χ0) is 22.6. The summed E-state index contributed by atoms with van der Waals surface area (Å²) in [6.45, 7) is 3.85. The molecule has 1 aromatic rings. The number of hydroxylamine groups is 2. The Balaban J connectivity index is 1.22. The molecule has 3 heterocycles. The van der Waals surface area contributed by atoms with Gasteiger partial charge in [-0.05, 0) is 31.0 Å². The largest absolute Gasteiger partial charge is 0.756 e. The van der Waals surface area contributed by atoms with E-state index in [0.717, 1.165) is 32.9 Å². The molecule has 3 aliphatic heterocycles. The Morgan fingerprint density at radius 2 is 1.84 bits per heavy atom. The van der Waals surface area contributed by atoms with Gasteiger partial charge in [-0.25, -0.2) is 9.18 Å². The summed E-state index contributed by atoms with van der Waals surface area (Å²) in [7, 11) is 0. The molecule has 1 aliphatic carbocycles. The molecule has 3 atom stereocenters. The molecule has 10 heteroatoms. The van der Waals surface area contributed by atoms with Crippen LogP contribution in [0.4, 0.5) is 20.6 Å². The lowest BCUT2D eigenvalue weighted by atomic mass is 10.0. The lowest BCUT2D eigenvalue weighted by Gasteiger charge is -2.28. The van der Waals surface area contributed by atoms with E-state index in [9.17, 15) is 19.6 Å². The van der Waals surface area contributed by atoms with E-state index in [1.165, 1.54) is 11.0 Å². The number of likely N-dealkylation sites (tertiary alicyclic amines) is 1. The Kier molecular flexibility index (Phi) is 5.19. The van der Waals surface area contributed by atoms with E-state index < -0.39 is 23.9 Å². The van der Waals surface area contributed by atoms with Gasteiger partial charge in [0.2, 0.25) is 11.8 Å². The lowest BCUT2D eigenvalue weighted by molar-refractivity contribution is -0.131. The second kappa shape index (κ2) is 7.91. The Morgan fingerprint density at radius 1 is 1.16 bits per heavy atom. The number of amides is 3. The number of nitrogens with zero attached hydrogens (tertiary/aromatic N) is 4. The van der Waals surface area contributed by atoms with Gasteiger partial charge in [-0.3, -0.25) is 14.5 Å². The molecule has 0 bridgehead atoms. The van der Waals surface area contributed by atoms with Crippen LogP contribution in [0.5, 0.6) is 0 Å². The van der Waals surface area contributed by atoms with Gasteiger partial charge in [0.1, 0.15) is 11.9 Å². The topological polar surface area (TPSA) is 96.5 Å². The number of anilines is 2. The zero-order valence-corrected chi connectivity index (χ0v) is 17.9. The first-order chi connectivity index (χ1) is 15.3. The number of benzene rings is 1. The van der Waals surface area contributed by atoms with Crippen molar-refractivity contribution in [1.29, 1.82) is 0 Å². The molecule has 1 aromatic carbocycles. The number of rotatable bonds is 5. The highest BCUT2D eigenvalue weighted by Crippen LogP contribution is 2.39. The highest BCUT2D eigenvalue weighted by Gasteiger charge is 2.45. The first-order valence-electron chi connectivity index (χ1n) is 11.1. The second-order valence-corrected chi connectivity index (χ2v) is 9.27. The van der Waals surface area contributed by atoms with Gasteiger partial charge in [0, 0.05) is 57.4 Å². The third-order valence-corrected chi connectivity index (χ3v) is 6.90. The van der Waals surface area contributed by atoms with Crippen LogP contribution < -0.4 is 9.80 Å². The van der Waals surface area contributed by atoms with Gasteiger partial charge in [-0.1, -0.05) is 0 Å². The van der Waals surface area contributed by atoms with Crippen LogP contribution in [-0.4, -0.2) is 73.2 Å². The Hall–Kier alpha value is -2.88. The van der Waals surface area contributed by atoms with Crippen molar-refractivity contribution in [2.24, 2.45) is 17.8 Å². The standard InChI is InChI=1S/C22H26FN4O5/c1-13(28)27(31)12-18-11-26(22(30)32-18)17-4-5-20(19(23)6-17)24-7-15-9-25(10-16(15)8-24)21(29)14-2-3-14/h4-6,14-16,18H,2-3,7-12H2,1H3/q-1/t15-,16+,18?. The quantitative estimate of drug-likeness (QED) is 0.642.